The van der Waals surface area contributed by atoms with E-state index in [0.29, 0.717) is 6.61 Å². The smallest absolute Gasteiger partial charge is 0.356 e. The first kappa shape index (κ1) is 12.7. The number of hydrogen-bond donors (Lipinski definition) is 1. The number of aliphatic hydroxyl groups is 1. The van der Waals surface area contributed by atoms with Crippen LogP contribution in [0, 0.1) is 0 Å². The molecular weight excluding hydrogens is 206 g/mol. The molecule has 1 unspecified atom stereocenters. The second-order valence-electron chi connectivity index (χ2n) is 3.91. The van der Waals surface area contributed by atoms with Crippen molar-refractivity contribution in [3.8, 4) is 0 Å². The maximum atomic E-state index is 10.1. The Morgan fingerprint density at radius 2 is 1.87 bits per heavy atom. The van der Waals surface area contributed by atoms with E-state index in [1.54, 1.807) is 13.8 Å². The van der Waals surface area contributed by atoms with Gasteiger partial charge in [0.15, 0.2) is 12.7 Å². The molecule has 0 saturated heterocycles. The molecule has 1 N–H and O–H groups in total. The highest BCUT2D eigenvalue weighted by molar-refractivity contribution is 8.00. The Morgan fingerprint density at radius 1 is 1.33 bits per heavy atom. The Balaban J connectivity index is 3.13. The average molecular weight is 223 g/mol. The van der Waals surface area contributed by atoms with Gasteiger partial charge in [-0.3, -0.25) is 0 Å². The predicted molar refractivity (Wildman–Crippen MR) is 66.7 cm³/mol. The summed E-state index contributed by atoms with van der Waals surface area (Å²) in [6.07, 6.45) is 0. The normalized spacial score (nSPS) is 16.0. The molecule has 15 heavy (non-hydrogen) atoms. The molecule has 1 aromatic carbocycles. The first-order valence-corrected chi connectivity index (χ1v) is 6.79. The molecule has 0 bridgehead atoms. The maximum Gasteiger partial charge on any atom is 0.412 e. The maximum absolute atomic E-state index is 10.1. The van der Waals surface area contributed by atoms with E-state index in [1.165, 1.54) is 0 Å². The summed E-state index contributed by atoms with van der Waals surface area (Å²) in [4.78, 5) is 0. The summed E-state index contributed by atoms with van der Waals surface area (Å²) in [5.74, 6) is 0. The van der Waals surface area contributed by atoms with Gasteiger partial charge in [-0.05, 0) is 19.1 Å². The van der Waals surface area contributed by atoms with Crippen molar-refractivity contribution in [2.75, 3.05) is 6.61 Å². The van der Waals surface area contributed by atoms with Gasteiger partial charge in [-0.15, -0.1) is 0 Å². The summed E-state index contributed by atoms with van der Waals surface area (Å²) in [6, 6.07) is 9.54. The van der Waals surface area contributed by atoms with Gasteiger partial charge in [0.05, 0.1) is 6.61 Å². The SMILES string of the molecule is [B][P+](OCC)(c1ccccc1)C(C)(C)O. The lowest BCUT2D eigenvalue weighted by molar-refractivity contribution is 0.153. The van der Waals surface area contributed by atoms with Crippen LogP contribution in [-0.4, -0.2) is 24.6 Å². The summed E-state index contributed by atoms with van der Waals surface area (Å²) in [6.45, 7) is 5.78. The van der Waals surface area contributed by atoms with Gasteiger partial charge in [0, 0.05) is 13.8 Å². The Morgan fingerprint density at radius 3 is 2.27 bits per heavy atom. The van der Waals surface area contributed by atoms with Gasteiger partial charge >= 0.3 is 7.57 Å². The van der Waals surface area contributed by atoms with Crippen LogP contribution in [0.1, 0.15) is 20.8 Å². The van der Waals surface area contributed by atoms with Crippen LogP contribution in [0.25, 0.3) is 0 Å². The summed E-state index contributed by atoms with van der Waals surface area (Å²) < 4.78 is 5.62. The van der Waals surface area contributed by atoms with Gasteiger partial charge in [-0.25, -0.2) is 4.52 Å². The van der Waals surface area contributed by atoms with E-state index in [9.17, 15) is 5.11 Å². The minimum absolute atomic E-state index is 0.503. The molecule has 0 aliphatic rings. The Kier molecular flexibility index (Phi) is 3.94. The van der Waals surface area contributed by atoms with E-state index in [2.05, 4.69) is 0 Å². The first-order chi connectivity index (χ1) is 6.92. The second-order valence-corrected chi connectivity index (χ2v) is 7.09. The van der Waals surface area contributed by atoms with E-state index >= 15 is 0 Å². The molecule has 2 radical (unpaired) electrons. The zero-order valence-electron chi connectivity index (χ0n) is 9.47. The van der Waals surface area contributed by atoms with Gasteiger partial charge in [-0.1, -0.05) is 18.2 Å². The fraction of sp³-hybridized carbons (Fsp3) is 0.455. The van der Waals surface area contributed by atoms with Crippen molar-refractivity contribution in [2.24, 2.45) is 0 Å². The van der Waals surface area contributed by atoms with Crippen LogP contribution in [0.2, 0.25) is 0 Å². The molecule has 2 nitrogen and oxygen atoms in total. The number of benzene rings is 1. The van der Waals surface area contributed by atoms with E-state index < -0.39 is 12.7 Å². The van der Waals surface area contributed by atoms with Crippen LogP contribution in [0.5, 0.6) is 0 Å². The van der Waals surface area contributed by atoms with Crippen LogP contribution in [0.15, 0.2) is 30.3 Å². The fourth-order valence-electron chi connectivity index (χ4n) is 1.40. The average Bonchev–Trinajstić information content (AvgIpc) is 2.18. The standard InChI is InChI=1S/C11H17BO2P/c1-4-14-15(12,11(2,3)13)10-8-6-5-7-9-10/h5-9,13H,4H2,1-3H3/q+1. The monoisotopic (exact) mass is 223 g/mol. The van der Waals surface area contributed by atoms with Crippen molar-refractivity contribution >= 4 is 20.2 Å². The van der Waals surface area contributed by atoms with Gasteiger partial charge in [0.2, 0.25) is 0 Å². The Hall–Kier alpha value is -0.365. The summed E-state index contributed by atoms with van der Waals surface area (Å²) in [5.41, 5.74) is 0. The molecule has 1 aromatic rings. The first-order valence-electron chi connectivity index (χ1n) is 5.02. The van der Waals surface area contributed by atoms with E-state index in [4.69, 9.17) is 12.1 Å². The molecule has 0 aromatic heterocycles. The lowest BCUT2D eigenvalue weighted by Crippen LogP contribution is -2.33. The summed E-state index contributed by atoms with van der Waals surface area (Å²) >= 11 is 0. The lowest BCUT2D eigenvalue weighted by atomic mass is 10.4. The molecule has 0 aliphatic carbocycles. The Bertz CT molecular complexity index is 310. The highest BCUT2D eigenvalue weighted by Gasteiger charge is 2.50. The van der Waals surface area contributed by atoms with Crippen molar-refractivity contribution in [1.29, 1.82) is 0 Å². The topological polar surface area (TPSA) is 29.5 Å². The van der Waals surface area contributed by atoms with Crippen molar-refractivity contribution in [1.82, 2.24) is 0 Å². The van der Waals surface area contributed by atoms with Crippen LogP contribution in [-0.2, 0) is 4.52 Å². The highest BCUT2D eigenvalue weighted by atomic mass is 31.2. The molecule has 0 heterocycles. The molecule has 0 spiro atoms. The molecule has 0 aliphatic heterocycles. The predicted octanol–water partition coefficient (Wildman–Crippen LogP) is 2.09. The van der Waals surface area contributed by atoms with E-state index in [-0.39, 0.29) is 0 Å². The molecule has 80 valence electrons. The number of rotatable bonds is 4. The van der Waals surface area contributed by atoms with Crippen LogP contribution < -0.4 is 5.30 Å². The van der Waals surface area contributed by atoms with Crippen molar-refractivity contribution in [2.45, 2.75) is 26.1 Å². The molecule has 0 saturated carbocycles. The Labute approximate surface area is 93.4 Å². The van der Waals surface area contributed by atoms with Crippen LogP contribution in [0.3, 0.4) is 0 Å². The summed E-state index contributed by atoms with van der Waals surface area (Å²) in [5, 5.41) is 9.99. The van der Waals surface area contributed by atoms with E-state index in [1.807, 2.05) is 37.3 Å². The zero-order chi connectivity index (χ0) is 11.5. The van der Waals surface area contributed by atoms with Crippen LogP contribution >= 0.6 is 7.37 Å². The van der Waals surface area contributed by atoms with Gasteiger partial charge in [0.1, 0.15) is 5.30 Å². The quantitative estimate of drug-likeness (QED) is 0.625. The van der Waals surface area contributed by atoms with Crippen molar-refractivity contribution in [3.05, 3.63) is 30.3 Å². The molecule has 1 rings (SSSR count). The lowest BCUT2D eigenvalue weighted by Gasteiger charge is -2.32. The largest absolute Gasteiger partial charge is 0.412 e. The molecule has 0 amide bonds. The van der Waals surface area contributed by atoms with Crippen LogP contribution in [0.4, 0.5) is 0 Å². The van der Waals surface area contributed by atoms with E-state index in [0.717, 1.165) is 5.30 Å². The van der Waals surface area contributed by atoms with Gasteiger partial charge in [0.25, 0.3) is 0 Å². The third-order valence-corrected chi connectivity index (χ3v) is 5.64. The minimum Gasteiger partial charge on any atom is -0.356 e. The zero-order valence-corrected chi connectivity index (χ0v) is 10.4. The minimum atomic E-state index is -2.45. The van der Waals surface area contributed by atoms with Crippen molar-refractivity contribution < 1.29 is 9.63 Å². The second kappa shape index (κ2) is 4.65. The van der Waals surface area contributed by atoms with Gasteiger partial charge in [-0.2, -0.15) is 0 Å². The van der Waals surface area contributed by atoms with Crippen molar-refractivity contribution in [3.63, 3.8) is 0 Å². The molecule has 0 fully saturated rings. The fourth-order valence-corrected chi connectivity index (χ4v) is 3.52. The summed E-state index contributed by atoms with van der Waals surface area (Å²) in [7, 11) is 3.80. The molecule has 4 heteroatoms. The molecule has 1 atom stereocenters. The third-order valence-electron chi connectivity index (χ3n) is 2.29. The highest BCUT2D eigenvalue weighted by Crippen LogP contribution is 2.63. The van der Waals surface area contributed by atoms with Gasteiger partial charge < -0.3 is 5.11 Å². The molecular formula is C11H17BO2P+. The third kappa shape index (κ3) is 2.60. The number of hydrogen-bond acceptors (Lipinski definition) is 2.